The molecule has 1 N–H and O–H groups in total. The van der Waals surface area contributed by atoms with Crippen LogP contribution in [0, 0.1) is 17.6 Å². The van der Waals surface area contributed by atoms with E-state index in [9.17, 15) is 19.2 Å². The van der Waals surface area contributed by atoms with Gasteiger partial charge in [0.2, 0.25) is 5.91 Å². The largest absolute Gasteiger partial charge is 0.495 e. The average Bonchev–Trinajstić information content (AvgIpc) is 3.19. The van der Waals surface area contributed by atoms with E-state index < -0.39 is 17.7 Å². The Morgan fingerprint density at radius 2 is 1.69 bits per heavy atom. The average molecular weight is 757 g/mol. The normalized spacial score (nSPS) is 17.5. The number of unbranched alkanes of at least 4 members (excludes halogenated alkanes) is 1. The molecule has 5 heterocycles. The monoisotopic (exact) mass is 756 g/mol. The number of ether oxygens (including phenoxy) is 2. The summed E-state index contributed by atoms with van der Waals surface area (Å²) < 4.78 is 44.1. The molecule has 0 saturated carbocycles. The number of nitrogens with zero attached hydrogens (tertiary/aromatic N) is 5. The van der Waals surface area contributed by atoms with Gasteiger partial charge in [-0.25, -0.2) is 13.6 Å². The van der Waals surface area contributed by atoms with E-state index >= 15 is 8.78 Å². The molecule has 3 aliphatic rings. The first kappa shape index (κ1) is 37.9. The van der Waals surface area contributed by atoms with Crippen LogP contribution in [0.1, 0.15) is 62.2 Å². The number of carbonyl (C=O) groups is 3. The lowest BCUT2D eigenvalue weighted by atomic mass is 9.94. The van der Waals surface area contributed by atoms with Crippen molar-refractivity contribution in [1.29, 1.82) is 0 Å². The van der Waals surface area contributed by atoms with Crippen LogP contribution in [-0.4, -0.2) is 89.7 Å². The SMILES string of the molecule is CCCCn1cc(-c2cc(F)c(OC3CCN(CC4CCN(C(=O)c5ccc(OC)c(N6CCC(=O)NC6=O)c5)CC4)CC3)c(F)c2)c2ccncc2c1=O. The molecule has 4 amide bonds. The maximum absolute atomic E-state index is 15.6. The molecule has 3 fully saturated rings. The molecule has 0 spiro atoms. The second-order valence-corrected chi connectivity index (χ2v) is 14.6. The van der Waals surface area contributed by atoms with Crippen molar-refractivity contribution >= 4 is 34.3 Å². The Kier molecular flexibility index (Phi) is 11.4. The van der Waals surface area contributed by atoms with Crippen LogP contribution in [0.25, 0.3) is 21.9 Å². The molecular formula is C41H46F2N6O6. The van der Waals surface area contributed by atoms with Gasteiger partial charge >= 0.3 is 6.03 Å². The molecule has 0 bridgehead atoms. The van der Waals surface area contributed by atoms with Crippen molar-refractivity contribution in [1.82, 2.24) is 24.7 Å². The van der Waals surface area contributed by atoms with Crippen molar-refractivity contribution in [2.45, 2.75) is 64.5 Å². The summed E-state index contributed by atoms with van der Waals surface area (Å²) in [4.78, 5) is 60.4. The van der Waals surface area contributed by atoms with Crippen LogP contribution in [0.4, 0.5) is 19.3 Å². The Labute approximate surface area is 318 Å². The van der Waals surface area contributed by atoms with Gasteiger partial charge in [-0.05, 0) is 85.4 Å². The van der Waals surface area contributed by atoms with E-state index in [0.717, 1.165) is 45.3 Å². The molecule has 0 aliphatic carbocycles. The van der Waals surface area contributed by atoms with Crippen molar-refractivity contribution in [3.05, 3.63) is 82.5 Å². The van der Waals surface area contributed by atoms with Crippen LogP contribution in [0.5, 0.6) is 11.5 Å². The lowest BCUT2D eigenvalue weighted by molar-refractivity contribution is -0.120. The van der Waals surface area contributed by atoms with Crippen LogP contribution < -0.4 is 25.2 Å². The highest BCUT2D eigenvalue weighted by molar-refractivity contribution is 6.07. The third-order valence-corrected chi connectivity index (χ3v) is 11.0. The van der Waals surface area contributed by atoms with Gasteiger partial charge < -0.3 is 23.8 Å². The number of rotatable bonds is 11. The van der Waals surface area contributed by atoms with E-state index in [1.54, 1.807) is 41.2 Å². The Bertz CT molecular complexity index is 2120. The zero-order valence-corrected chi connectivity index (χ0v) is 31.2. The van der Waals surface area contributed by atoms with E-state index in [-0.39, 0.29) is 42.2 Å². The fourth-order valence-electron chi connectivity index (χ4n) is 7.86. The minimum absolute atomic E-state index is 0.122. The molecule has 2 aromatic heterocycles. The molecule has 7 rings (SSSR count). The maximum Gasteiger partial charge on any atom is 0.328 e. The van der Waals surface area contributed by atoms with Gasteiger partial charge in [-0.2, -0.15) is 0 Å². The van der Waals surface area contributed by atoms with E-state index in [0.29, 0.717) is 77.3 Å². The smallest absolute Gasteiger partial charge is 0.328 e. The first-order valence-corrected chi connectivity index (χ1v) is 19.1. The number of carbonyl (C=O) groups excluding carboxylic acids is 3. The molecule has 290 valence electrons. The number of aryl methyl sites for hydroxylation is 1. The third kappa shape index (κ3) is 8.19. The molecule has 14 heteroatoms. The van der Waals surface area contributed by atoms with Crippen molar-refractivity contribution in [2.75, 3.05) is 51.3 Å². The number of hydrogen-bond acceptors (Lipinski definition) is 8. The molecule has 55 heavy (non-hydrogen) atoms. The Morgan fingerprint density at radius 3 is 2.38 bits per heavy atom. The Balaban J connectivity index is 0.925. The van der Waals surface area contributed by atoms with Gasteiger partial charge in [0.1, 0.15) is 11.9 Å². The number of piperidine rings is 2. The molecule has 0 atom stereocenters. The topological polar surface area (TPSA) is 126 Å². The Hall–Kier alpha value is -5.37. The van der Waals surface area contributed by atoms with Crippen molar-refractivity contribution < 1.29 is 32.6 Å². The number of halogens is 2. The highest BCUT2D eigenvalue weighted by Crippen LogP contribution is 2.35. The molecule has 3 saturated heterocycles. The fourth-order valence-corrected chi connectivity index (χ4v) is 7.86. The summed E-state index contributed by atoms with van der Waals surface area (Å²) in [5, 5.41) is 3.30. The second kappa shape index (κ2) is 16.6. The van der Waals surface area contributed by atoms with Crippen molar-refractivity contribution in [3.63, 3.8) is 0 Å². The van der Waals surface area contributed by atoms with E-state index in [4.69, 9.17) is 9.47 Å². The molecule has 0 unspecified atom stereocenters. The molecule has 0 radical (unpaired) electrons. The van der Waals surface area contributed by atoms with Gasteiger partial charge in [-0.15, -0.1) is 0 Å². The minimum Gasteiger partial charge on any atom is -0.495 e. The van der Waals surface area contributed by atoms with Gasteiger partial charge in [0.05, 0.1) is 18.2 Å². The number of methoxy groups -OCH3 is 1. The minimum atomic E-state index is -0.786. The number of amides is 4. The number of pyridine rings is 2. The summed E-state index contributed by atoms with van der Waals surface area (Å²) in [5.74, 6) is -1.58. The number of aromatic nitrogens is 2. The van der Waals surface area contributed by atoms with Crippen LogP contribution in [0.2, 0.25) is 0 Å². The van der Waals surface area contributed by atoms with Crippen LogP contribution in [0.3, 0.4) is 0 Å². The fraction of sp³-hybridized carbons (Fsp3) is 0.439. The maximum atomic E-state index is 15.6. The number of fused-ring (bicyclic) bond motifs is 1. The molecule has 4 aromatic rings. The Morgan fingerprint density at radius 1 is 0.945 bits per heavy atom. The van der Waals surface area contributed by atoms with Crippen molar-refractivity contribution in [2.24, 2.45) is 5.92 Å². The van der Waals surface area contributed by atoms with E-state index in [1.165, 1.54) is 30.3 Å². The number of nitrogens with one attached hydrogen (secondary N) is 1. The summed E-state index contributed by atoms with van der Waals surface area (Å²) >= 11 is 0. The summed E-state index contributed by atoms with van der Waals surface area (Å²) in [6.45, 7) is 6.26. The highest BCUT2D eigenvalue weighted by atomic mass is 19.1. The van der Waals surface area contributed by atoms with Gasteiger partial charge in [-0.3, -0.25) is 29.6 Å². The number of urea groups is 1. The van der Waals surface area contributed by atoms with Crippen molar-refractivity contribution in [3.8, 4) is 22.6 Å². The lowest BCUT2D eigenvalue weighted by Crippen LogP contribution is -2.49. The lowest BCUT2D eigenvalue weighted by Gasteiger charge is -2.37. The van der Waals surface area contributed by atoms with Gasteiger partial charge in [0, 0.05) is 82.0 Å². The molecule has 2 aromatic carbocycles. The number of imide groups is 1. The van der Waals surface area contributed by atoms with E-state index in [2.05, 4.69) is 15.2 Å². The van der Waals surface area contributed by atoms with Gasteiger partial charge in [-0.1, -0.05) is 13.3 Å². The first-order valence-electron chi connectivity index (χ1n) is 19.1. The quantitative estimate of drug-likeness (QED) is 0.198. The van der Waals surface area contributed by atoms with Gasteiger partial charge in [0.15, 0.2) is 17.4 Å². The molecular weight excluding hydrogens is 710 g/mol. The summed E-state index contributed by atoms with van der Waals surface area (Å²) in [5.41, 5.74) is 1.59. The predicted octanol–water partition coefficient (Wildman–Crippen LogP) is 5.99. The molecule has 12 nitrogen and oxygen atoms in total. The summed E-state index contributed by atoms with van der Waals surface area (Å²) in [6.07, 6.45) is 9.18. The predicted molar refractivity (Wildman–Crippen MR) is 203 cm³/mol. The van der Waals surface area contributed by atoms with Crippen LogP contribution in [0.15, 0.2) is 59.8 Å². The first-order chi connectivity index (χ1) is 26.6. The number of hydrogen-bond donors (Lipinski definition) is 1. The molecule has 3 aliphatic heterocycles. The number of anilines is 1. The zero-order chi connectivity index (χ0) is 38.6. The summed E-state index contributed by atoms with van der Waals surface area (Å²) in [7, 11) is 1.49. The zero-order valence-electron chi connectivity index (χ0n) is 31.2. The van der Waals surface area contributed by atoms with E-state index in [1.807, 2.05) is 11.8 Å². The summed E-state index contributed by atoms with van der Waals surface area (Å²) in [6, 6.07) is 8.71. The number of likely N-dealkylation sites (tertiary alicyclic amines) is 2. The third-order valence-electron chi connectivity index (χ3n) is 11.0. The number of benzene rings is 2. The standard InChI is InChI=1S/C41H46F2N6O6/c1-3-4-14-48-25-32(30-7-13-44-23-31(30)40(48)52)28-20-33(42)38(34(43)21-28)55-29-10-15-46(16-11-29)24-26-8-17-47(18-9-26)39(51)27-5-6-36(54-2)35(22-27)49-19-12-37(50)45-41(49)53/h5-7,13,20-23,25-26,29H,3-4,8-12,14-19,24H2,1-2H3,(H,45,50,53). The second-order valence-electron chi connectivity index (χ2n) is 14.6. The van der Waals surface area contributed by atoms with Crippen LogP contribution >= 0.6 is 0 Å². The van der Waals surface area contributed by atoms with Gasteiger partial charge in [0.25, 0.3) is 11.5 Å². The highest BCUT2D eigenvalue weighted by Gasteiger charge is 2.31. The van der Waals surface area contributed by atoms with Crippen LogP contribution in [-0.2, 0) is 11.3 Å².